The largest absolute Gasteiger partial charge is 0.467 e. The van der Waals surface area contributed by atoms with Crippen LogP contribution in [0.15, 0.2) is 0 Å². The van der Waals surface area contributed by atoms with E-state index in [1.807, 2.05) is 4.90 Å². The van der Waals surface area contributed by atoms with Crippen LogP contribution in [-0.4, -0.2) is 49.6 Å². The van der Waals surface area contributed by atoms with Gasteiger partial charge in [0.05, 0.1) is 13.2 Å². The van der Waals surface area contributed by atoms with Crippen LogP contribution in [0, 0.1) is 17.2 Å². The van der Waals surface area contributed by atoms with Crippen molar-refractivity contribution in [1.82, 2.24) is 10.2 Å². The first-order chi connectivity index (χ1) is 8.90. The minimum Gasteiger partial charge on any atom is -0.467 e. The normalized spacial score (nSPS) is 12.1. The van der Waals surface area contributed by atoms with Gasteiger partial charge < -0.3 is 10.1 Å². The summed E-state index contributed by atoms with van der Waals surface area (Å²) in [6.45, 7) is 7.16. The van der Waals surface area contributed by atoms with Gasteiger partial charge in [-0.3, -0.25) is 9.69 Å². The predicted octanol–water partition coefficient (Wildman–Crippen LogP) is 0.536. The molecule has 1 N–H and O–H groups in total. The Morgan fingerprint density at radius 1 is 1.37 bits per heavy atom. The van der Waals surface area contributed by atoms with E-state index in [0.717, 1.165) is 6.54 Å². The molecule has 19 heavy (non-hydrogen) atoms. The van der Waals surface area contributed by atoms with Gasteiger partial charge in [0.1, 0.15) is 6.04 Å². The molecule has 6 heteroatoms. The summed E-state index contributed by atoms with van der Waals surface area (Å²) in [5.74, 6) is -0.338. The molecule has 108 valence electrons. The van der Waals surface area contributed by atoms with Crippen LogP contribution in [0.5, 0.6) is 0 Å². The van der Waals surface area contributed by atoms with Gasteiger partial charge in [-0.1, -0.05) is 13.8 Å². The fourth-order valence-electron chi connectivity index (χ4n) is 1.81. The molecule has 1 atom stereocenters. The van der Waals surface area contributed by atoms with Gasteiger partial charge in [0.25, 0.3) is 0 Å². The molecule has 0 rings (SSSR count). The second-order valence-corrected chi connectivity index (χ2v) is 4.84. The van der Waals surface area contributed by atoms with Crippen LogP contribution in [0.25, 0.3) is 0 Å². The van der Waals surface area contributed by atoms with Crippen LogP contribution in [-0.2, 0) is 14.3 Å². The first-order valence-electron chi connectivity index (χ1n) is 6.35. The van der Waals surface area contributed by atoms with Crippen LogP contribution in [0.2, 0.25) is 0 Å². The standard InChI is InChI=1S/C13H23N3O3/c1-10(2)8-16(7-5-6-14)9-12(13(18)19-4)15-11(3)17/h10,12H,5,7-9H2,1-4H3,(H,15,17). The predicted molar refractivity (Wildman–Crippen MR) is 71.1 cm³/mol. The highest BCUT2D eigenvalue weighted by Gasteiger charge is 2.23. The molecule has 0 saturated heterocycles. The lowest BCUT2D eigenvalue weighted by atomic mass is 10.1. The lowest BCUT2D eigenvalue weighted by molar-refractivity contribution is -0.145. The van der Waals surface area contributed by atoms with Gasteiger partial charge in [-0.15, -0.1) is 0 Å². The molecule has 0 heterocycles. The summed E-state index contributed by atoms with van der Waals surface area (Å²) in [4.78, 5) is 24.7. The Bertz CT molecular complexity index is 337. The van der Waals surface area contributed by atoms with Crippen LogP contribution in [0.1, 0.15) is 27.2 Å². The van der Waals surface area contributed by atoms with Gasteiger partial charge in [0, 0.05) is 33.0 Å². The quantitative estimate of drug-likeness (QED) is 0.650. The molecule has 1 amide bonds. The summed E-state index contributed by atoms with van der Waals surface area (Å²) >= 11 is 0. The van der Waals surface area contributed by atoms with Gasteiger partial charge in [-0.05, 0) is 5.92 Å². The van der Waals surface area contributed by atoms with Gasteiger partial charge in [0.15, 0.2) is 0 Å². The third kappa shape index (κ3) is 8.16. The monoisotopic (exact) mass is 269 g/mol. The molecular formula is C13H23N3O3. The number of hydrogen-bond donors (Lipinski definition) is 1. The van der Waals surface area contributed by atoms with Crippen LogP contribution in [0.3, 0.4) is 0 Å². The number of esters is 1. The van der Waals surface area contributed by atoms with Crippen LogP contribution < -0.4 is 5.32 Å². The molecule has 0 spiro atoms. The summed E-state index contributed by atoms with van der Waals surface area (Å²) in [6.07, 6.45) is 0.390. The Hall–Kier alpha value is -1.61. The molecule has 0 aromatic heterocycles. The number of nitrogens with one attached hydrogen (secondary N) is 1. The van der Waals surface area contributed by atoms with E-state index in [0.29, 0.717) is 25.4 Å². The second kappa shape index (κ2) is 9.34. The summed E-state index contributed by atoms with van der Waals surface area (Å²) in [6, 6.07) is 1.39. The molecular weight excluding hydrogens is 246 g/mol. The maximum atomic E-state index is 11.6. The lowest BCUT2D eigenvalue weighted by Crippen LogP contribution is -2.49. The molecule has 0 aliphatic heterocycles. The zero-order valence-electron chi connectivity index (χ0n) is 12.1. The summed E-state index contributed by atoms with van der Waals surface area (Å²) in [7, 11) is 1.29. The van der Waals surface area contributed by atoms with E-state index in [9.17, 15) is 9.59 Å². The minimum atomic E-state index is -0.694. The second-order valence-electron chi connectivity index (χ2n) is 4.84. The first-order valence-corrected chi connectivity index (χ1v) is 6.35. The van der Waals surface area contributed by atoms with Crippen molar-refractivity contribution in [2.75, 3.05) is 26.7 Å². The van der Waals surface area contributed by atoms with Crippen molar-refractivity contribution in [2.45, 2.75) is 33.2 Å². The number of nitrogens with zero attached hydrogens (tertiary/aromatic N) is 2. The number of rotatable bonds is 8. The molecule has 0 saturated carbocycles. The average Bonchev–Trinajstić information content (AvgIpc) is 2.32. The van der Waals surface area contributed by atoms with E-state index < -0.39 is 12.0 Å². The fourth-order valence-corrected chi connectivity index (χ4v) is 1.81. The van der Waals surface area contributed by atoms with Gasteiger partial charge >= 0.3 is 5.97 Å². The lowest BCUT2D eigenvalue weighted by Gasteiger charge is -2.27. The molecule has 0 aromatic rings. The van der Waals surface area contributed by atoms with Crippen molar-refractivity contribution in [3.05, 3.63) is 0 Å². The summed E-state index contributed by atoms with van der Waals surface area (Å²) in [5, 5.41) is 11.2. The Morgan fingerprint density at radius 3 is 2.42 bits per heavy atom. The number of carbonyl (C=O) groups excluding carboxylic acids is 2. The Labute approximate surface area is 114 Å². The van der Waals surface area contributed by atoms with Crippen molar-refractivity contribution in [1.29, 1.82) is 5.26 Å². The van der Waals surface area contributed by atoms with E-state index >= 15 is 0 Å². The molecule has 0 bridgehead atoms. The number of methoxy groups -OCH3 is 1. The van der Waals surface area contributed by atoms with Gasteiger partial charge in [-0.25, -0.2) is 4.79 Å². The highest BCUT2D eigenvalue weighted by atomic mass is 16.5. The minimum absolute atomic E-state index is 0.278. The molecule has 0 aliphatic rings. The molecule has 1 unspecified atom stereocenters. The summed E-state index contributed by atoms with van der Waals surface area (Å²) < 4.78 is 4.68. The van der Waals surface area contributed by atoms with Crippen molar-refractivity contribution in [2.24, 2.45) is 5.92 Å². The SMILES string of the molecule is COC(=O)C(CN(CCC#N)CC(C)C)NC(C)=O. The van der Waals surface area contributed by atoms with Crippen molar-refractivity contribution in [3.63, 3.8) is 0 Å². The third-order valence-corrected chi connectivity index (χ3v) is 2.47. The smallest absolute Gasteiger partial charge is 0.329 e. The molecule has 0 aromatic carbocycles. The van der Waals surface area contributed by atoms with Crippen molar-refractivity contribution >= 4 is 11.9 Å². The van der Waals surface area contributed by atoms with E-state index in [2.05, 4.69) is 30.0 Å². The Kier molecular flexibility index (Phi) is 8.55. The summed E-state index contributed by atoms with van der Waals surface area (Å²) in [5.41, 5.74) is 0. The van der Waals surface area contributed by atoms with Crippen LogP contribution >= 0.6 is 0 Å². The number of ether oxygens (including phenoxy) is 1. The van der Waals surface area contributed by atoms with E-state index in [1.165, 1.54) is 14.0 Å². The number of amides is 1. The van der Waals surface area contributed by atoms with E-state index in [4.69, 9.17) is 5.26 Å². The van der Waals surface area contributed by atoms with Gasteiger partial charge in [-0.2, -0.15) is 5.26 Å². The highest BCUT2D eigenvalue weighted by Crippen LogP contribution is 2.03. The zero-order chi connectivity index (χ0) is 14.8. The van der Waals surface area contributed by atoms with Crippen molar-refractivity contribution < 1.29 is 14.3 Å². The Morgan fingerprint density at radius 2 is 2.00 bits per heavy atom. The molecule has 0 radical (unpaired) electrons. The molecule has 6 nitrogen and oxygen atoms in total. The van der Waals surface area contributed by atoms with Gasteiger partial charge in [0.2, 0.25) is 5.91 Å². The average molecular weight is 269 g/mol. The number of carbonyl (C=O) groups is 2. The first kappa shape index (κ1) is 17.4. The zero-order valence-corrected chi connectivity index (χ0v) is 12.1. The molecule has 0 aliphatic carbocycles. The third-order valence-electron chi connectivity index (χ3n) is 2.47. The number of nitriles is 1. The fraction of sp³-hybridized carbons (Fsp3) is 0.769. The topological polar surface area (TPSA) is 82.4 Å². The van der Waals surface area contributed by atoms with Crippen LogP contribution in [0.4, 0.5) is 0 Å². The van der Waals surface area contributed by atoms with Crippen molar-refractivity contribution in [3.8, 4) is 6.07 Å². The van der Waals surface area contributed by atoms with E-state index in [1.54, 1.807) is 0 Å². The molecule has 0 fully saturated rings. The number of hydrogen-bond acceptors (Lipinski definition) is 5. The highest BCUT2D eigenvalue weighted by molar-refractivity contribution is 5.83. The Balaban J connectivity index is 4.65. The van der Waals surface area contributed by atoms with E-state index in [-0.39, 0.29) is 5.91 Å². The maximum absolute atomic E-state index is 11.6. The maximum Gasteiger partial charge on any atom is 0.329 e.